The van der Waals surface area contributed by atoms with Gasteiger partial charge in [0.15, 0.2) is 6.61 Å². The average molecular weight is 508 g/mol. The third kappa shape index (κ3) is 7.02. The normalized spacial score (nSPS) is 10.8. The van der Waals surface area contributed by atoms with Gasteiger partial charge in [-0.15, -0.1) is 0 Å². The SMILES string of the molecule is Cc1cccc(NC(=O)/C(C#N)=C/c2cc(Br)ccc2OCC(=O)Nc2ccc(F)cc2)c1. The Morgan fingerprint density at radius 3 is 2.52 bits per heavy atom. The average Bonchev–Trinajstić information content (AvgIpc) is 2.78. The van der Waals surface area contributed by atoms with Gasteiger partial charge in [0.25, 0.3) is 11.8 Å². The molecule has 0 aliphatic rings. The number of benzene rings is 3. The molecular formula is C25H19BrFN3O3. The van der Waals surface area contributed by atoms with Gasteiger partial charge < -0.3 is 15.4 Å². The van der Waals surface area contributed by atoms with E-state index in [1.54, 1.807) is 36.4 Å². The molecule has 0 fully saturated rings. The first-order chi connectivity index (χ1) is 15.8. The molecule has 0 unspecified atom stereocenters. The number of nitriles is 1. The van der Waals surface area contributed by atoms with E-state index in [2.05, 4.69) is 26.6 Å². The monoisotopic (exact) mass is 507 g/mol. The Balaban J connectivity index is 1.74. The van der Waals surface area contributed by atoms with Crippen LogP contribution in [0.4, 0.5) is 15.8 Å². The van der Waals surface area contributed by atoms with Gasteiger partial charge >= 0.3 is 0 Å². The highest BCUT2D eigenvalue weighted by atomic mass is 79.9. The molecule has 8 heteroatoms. The molecule has 0 spiro atoms. The van der Waals surface area contributed by atoms with Crippen LogP contribution in [0.25, 0.3) is 6.08 Å². The molecule has 33 heavy (non-hydrogen) atoms. The first-order valence-corrected chi connectivity index (χ1v) is 10.6. The van der Waals surface area contributed by atoms with Crippen molar-refractivity contribution in [1.29, 1.82) is 5.26 Å². The molecule has 0 saturated heterocycles. The first kappa shape index (κ1) is 23.7. The van der Waals surface area contributed by atoms with Gasteiger partial charge in [0, 0.05) is 21.4 Å². The molecule has 0 aliphatic carbocycles. The molecule has 166 valence electrons. The van der Waals surface area contributed by atoms with Crippen LogP contribution < -0.4 is 15.4 Å². The van der Waals surface area contributed by atoms with E-state index in [1.165, 1.54) is 30.3 Å². The largest absolute Gasteiger partial charge is 0.483 e. The van der Waals surface area contributed by atoms with Crippen molar-refractivity contribution in [2.45, 2.75) is 6.92 Å². The Hall–Kier alpha value is -3.96. The lowest BCUT2D eigenvalue weighted by Gasteiger charge is -2.11. The second-order valence-electron chi connectivity index (χ2n) is 7.02. The molecule has 0 heterocycles. The fourth-order valence-electron chi connectivity index (χ4n) is 2.86. The van der Waals surface area contributed by atoms with Crippen LogP contribution in [-0.2, 0) is 9.59 Å². The van der Waals surface area contributed by atoms with Crippen LogP contribution >= 0.6 is 15.9 Å². The van der Waals surface area contributed by atoms with Crippen molar-refractivity contribution < 1.29 is 18.7 Å². The second kappa shape index (κ2) is 11.1. The maximum atomic E-state index is 13.0. The lowest BCUT2D eigenvalue weighted by Crippen LogP contribution is -2.20. The van der Waals surface area contributed by atoms with E-state index in [4.69, 9.17) is 4.74 Å². The topological polar surface area (TPSA) is 91.2 Å². The van der Waals surface area contributed by atoms with Crippen LogP contribution in [0.5, 0.6) is 5.75 Å². The first-order valence-electron chi connectivity index (χ1n) is 9.81. The maximum Gasteiger partial charge on any atom is 0.266 e. The lowest BCUT2D eigenvalue weighted by atomic mass is 10.1. The van der Waals surface area contributed by atoms with E-state index in [9.17, 15) is 19.2 Å². The molecule has 0 atom stereocenters. The molecule has 6 nitrogen and oxygen atoms in total. The Bertz CT molecular complexity index is 1250. The fourth-order valence-corrected chi connectivity index (χ4v) is 3.24. The van der Waals surface area contributed by atoms with Crippen LogP contribution in [0.15, 0.2) is 76.8 Å². The number of aryl methyl sites for hydroxylation is 1. The number of rotatable bonds is 7. The van der Waals surface area contributed by atoms with Gasteiger partial charge in [-0.2, -0.15) is 5.26 Å². The number of halogens is 2. The molecule has 0 bridgehead atoms. The molecule has 3 aromatic carbocycles. The molecule has 0 aliphatic heterocycles. The molecule has 2 N–H and O–H groups in total. The Kier molecular flexibility index (Phi) is 7.95. The van der Waals surface area contributed by atoms with Crippen molar-refractivity contribution in [1.82, 2.24) is 0 Å². The van der Waals surface area contributed by atoms with Crippen molar-refractivity contribution >= 4 is 45.2 Å². The standard InChI is InChI=1S/C25H19BrFN3O3/c1-16-3-2-4-22(11-16)30-25(32)18(14-28)12-17-13-19(26)5-10-23(17)33-15-24(31)29-21-8-6-20(27)7-9-21/h2-13H,15H2,1H3,(H,29,31)(H,30,32)/b18-12+. The third-order valence-corrected chi connectivity index (χ3v) is 4.89. The van der Waals surface area contributed by atoms with E-state index in [-0.39, 0.29) is 12.2 Å². The van der Waals surface area contributed by atoms with Gasteiger partial charge in [0.1, 0.15) is 23.2 Å². The van der Waals surface area contributed by atoms with Crippen molar-refractivity contribution in [2.75, 3.05) is 17.2 Å². The second-order valence-corrected chi connectivity index (χ2v) is 7.93. The summed E-state index contributed by atoms with van der Waals surface area (Å²) in [6, 6.07) is 19.5. The number of carbonyl (C=O) groups excluding carboxylic acids is 2. The Morgan fingerprint density at radius 2 is 1.82 bits per heavy atom. The van der Waals surface area contributed by atoms with E-state index in [1.807, 2.05) is 19.1 Å². The molecule has 3 rings (SSSR count). The summed E-state index contributed by atoms with van der Waals surface area (Å²) in [4.78, 5) is 24.8. The number of amides is 2. The minimum absolute atomic E-state index is 0.129. The highest BCUT2D eigenvalue weighted by Gasteiger charge is 2.13. The highest BCUT2D eigenvalue weighted by molar-refractivity contribution is 9.10. The summed E-state index contributed by atoms with van der Waals surface area (Å²) < 4.78 is 19.3. The zero-order valence-corrected chi connectivity index (χ0v) is 19.1. The summed E-state index contributed by atoms with van der Waals surface area (Å²) >= 11 is 3.36. The fraction of sp³-hybridized carbons (Fsp3) is 0.0800. The zero-order chi connectivity index (χ0) is 23.8. The van der Waals surface area contributed by atoms with Gasteiger partial charge in [0.05, 0.1) is 0 Å². The molecule has 2 amide bonds. The van der Waals surface area contributed by atoms with Crippen molar-refractivity contribution in [3.05, 3.63) is 93.7 Å². The number of carbonyl (C=O) groups is 2. The Morgan fingerprint density at radius 1 is 1.06 bits per heavy atom. The number of hydrogen-bond donors (Lipinski definition) is 2. The van der Waals surface area contributed by atoms with Gasteiger partial charge in [-0.05, 0) is 73.2 Å². The van der Waals surface area contributed by atoms with Crippen molar-refractivity contribution in [3.63, 3.8) is 0 Å². The summed E-state index contributed by atoms with van der Waals surface area (Å²) in [5, 5.41) is 14.8. The van der Waals surface area contributed by atoms with Gasteiger partial charge in [-0.1, -0.05) is 28.1 Å². The quantitative estimate of drug-likeness (QED) is 0.328. The number of nitrogens with zero attached hydrogens (tertiary/aromatic N) is 1. The van der Waals surface area contributed by atoms with Crippen LogP contribution in [0.3, 0.4) is 0 Å². The van der Waals surface area contributed by atoms with Crippen molar-refractivity contribution in [2.24, 2.45) is 0 Å². The van der Waals surface area contributed by atoms with Crippen molar-refractivity contribution in [3.8, 4) is 11.8 Å². The number of nitrogens with one attached hydrogen (secondary N) is 2. The van der Waals surface area contributed by atoms with E-state index in [0.717, 1.165) is 5.56 Å². The molecule has 0 aromatic heterocycles. The maximum absolute atomic E-state index is 13.0. The summed E-state index contributed by atoms with van der Waals surface area (Å²) in [5.41, 5.74) is 2.28. The smallest absolute Gasteiger partial charge is 0.266 e. The van der Waals surface area contributed by atoms with Crippen LogP contribution in [0.2, 0.25) is 0 Å². The number of ether oxygens (including phenoxy) is 1. The van der Waals surface area contributed by atoms with Gasteiger partial charge in [-0.25, -0.2) is 4.39 Å². The number of anilines is 2. The Labute approximate surface area is 198 Å². The summed E-state index contributed by atoms with van der Waals surface area (Å²) in [6.45, 7) is 1.57. The lowest BCUT2D eigenvalue weighted by molar-refractivity contribution is -0.118. The minimum Gasteiger partial charge on any atom is -0.483 e. The van der Waals surface area contributed by atoms with Gasteiger partial charge in [0.2, 0.25) is 0 Å². The molecule has 3 aromatic rings. The summed E-state index contributed by atoms with van der Waals surface area (Å²) in [5.74, 6) is -1.11. The predicted molar refractivity (Wildman–Crippen MR) is 128 cm³/mol. The van der Waals surface area contributed by atoms with Crippen LogP contribution in [0.1, 0.15) is 11.1 Å². The third-order valence-electron chi connectivity index (χ3n) is 4.40. The van der Waals surface area contributed by atoms with E-state index >= 15 is 0 Å². The van der Waals surface area contributed by atoms with Crippen LogP contribution in [0, 0.1) is 24.1 Å². The summed E-state index contributed by atoms with van der Waals surface area (Å²) in [7, 11) is 0. The number of hydrogen-bond acceptors (Lipinski definition) is 4. The van der Waals surface area contributed by atoms with Crippen LogP contribution in [-0.4, -0.2) is 18.4 Å². The highest BCUT2D eigenvalue weighted by Crippen LogP contribution is 2.26. The predicted octanol–water partition coefficient (Wildman–Crippen LogP) is 5.46. The van der Waals surface area contributed by atoms with E-state index < -0.39 is 17.6 Å². The molecule has 0 saturated carbocycles. The minimum atomic E-state index is -0.567. The van der Waals surface area contributed by atoms with Gasteiger partial charge in [-0.3, -0.25) is 9.59 Å². The zero-order valence-electron chi connectivity index (χ0n) is 17.6. The molecule has 0 radical (unpaired) electrons. The summed E-state index contributed by atoms with van der Waals surface area (Å²) in [6.07, 6.45) is 1.39. The van der Waals surface area contributed by atoms with E-state index in [0.29, 0.717) is 27.2 Å². The molecular weight excluding hydrogens is 489 g/mol.